The average molecular weight is 528 g/mol. The highest BCUT2D eigenvalue weighted by atomic mass is 32.1. The molecular weight excluding hydrogens is 490 g/mol. The molecule has 2 aromatic carbocycles. The van der Waals surface area contributed by atoms with Crippen LogP contribution in [0.4, 0.5) is 10.5 Å². The summed E-state index contributed by atoms with van der Waals surface area (Å²) in [4.78, 5) is 41.6. The molecule has 0 aromatic heterocycles. The first-order valence-corrected chi connectivity index (χ1v) is 13.2. The van der Waals surface area contributed by atoms with Crippen LogP contribution in [0, 0.1) is 0 Å². The van der Waals surface area contributed by atoms with Gasteiger partial charge in [0.15, 0.2) is 0 Å². The number of carbonyl (C=O) groups excluding carboxylic acids is 3. The molecule has 0 spiro atoms. The van der Waals surface area contributed by atoms with Crippen LogP contribution < -0.4 is 15.4 Å². The first-order chi connectivity index (χ1) is 17.6. The summed E-state index contributed by atoms with van der Waals surface area (Å²) in [6, 6.07) is 12.7. The second-order valence-electron chi connectivity index (χ2n) is 10.1. The topological polar surface area (TPSA) is 97.0 Å². The van der Waals surface area contributed by atoms with Gasteiger partial charge in [-0.25, -0.2) is 4.79 Å². The van der Waals surface area contributed by atoms with Crippen LogP contribution in [0.3, 0.4) is 0 Å². The maximum Gasteiger partial charge on any atom is 0.408 e. The first-order valence-electron chi connectivity index (χ1n) is 12.5. The van der Waals surface area contributed by atoms with Crippen LogP contribution in [-0.4, -0.2) is 53.4 Å². The van der Waals surface area contributed by atoms with Crippen molar-refractivity contribution in [2.45, 2.75) is 70.7 Å². The van der Waals surface area contributed by atoms with E-state index in [2.05, 4.69) is 30.2 Å². The average Bonchev–Trinajstić information content (AvgIpc) is 3.70. The fourth-order valence-corrected chi connectivity index (χ4v) is 4.19. The quantitative estimate of drug-likeness (QED) is 0.388. The van der Waals surface area contributed by atoms with Gasteiger partial charge < -0.3 is 25.0 Å². The zero-order chi connectivity index (χ0) is 27.2. The fraction of sp³-hybridized carbons (Fsp3) is 0.464. The molecule has 1 saturated carbocycles. The minimum Gasteiger partial charge on any atom is -0.497 e. The summed E-state index contributed by atoms with van der Waals surface area (Å²) in [7, 11) is 1.58. The van der Waals surface area contributed by atoms with E-state index in [1.165, 1.54) is 0 Å². The van der Waals surface area contributed by atoms with Gasteiger partial charge in [0, 0.05) is 17.5 Å². The van der Waals surface area contributed by atoms with Gasteiger partial charge in [-0.1, -0.05) is 31.2 Å². The van der Waals surface area contributed by atoms with E-state index >= 15 is 0 Å². The number of amides is 3. The van der Waals surface area contributed by atoms with Crippen LogP contribution in [0.2, 0.25) is 0 Å². The number of carbonyl (C=O) groups is 3. The molecule has 3 rings (SSSR count). The van der Waals surface area contributed by atoms with Crippen molar-refractivity contribution >= 4 is 36.2 Å². The summed E-state index contributed by atoms with van der Waals surface area (Å²) < 4.78 is 10.6. The van der Waals surface area contributed by atoms with E-state index in [0.717, 1.165) is 24.8 Å². The second kappa shape index (κ2) is 12.4. The van der Waals surface area contributed by atoms with Crippen molar-refractivity contribution in [1.29, 1.82) is 0 Å². The lowest BCUT2D eigenvalue weighted by Crippen LogP contribution is -2.54. The summed E-state index contributed by atoms with van der Waals surface area (Å²) >= 11 is 4.33. The highest BCUT2D eigenvalue weighted by Gasteiger charge is 2.43. The summed E-state index contributed by atoms with van der Waals surface area (Å²) in [6.07, 6.45) is 1.70. The van der Waals surface area contributed by atoms with Gasteiger partial charge in [0.05, 0.1) is 7.11 Å². The maximum atomic E-state index is 13.8. The van der Waals surface area contributed by atoms with Crippen molar-refractivity contribution in [3.8, 4) is 5.75 Å². The van der Waals surface area contributed by atoms with Crippen LogP contribution >= 0.6 is 12.6 Å². The molecule has 1 fully saturated rings. The molecule has 2 atom stereocenters. The Kier molecular flexibility index (Phi) is 9.48. The molecular formula is C28H37N3O5S. The standard InChI is InChI=1S/C28H37N3O5S/c1-6-18-7-9-19(10-8-18)24(25(32)29-20-11-15-22(35-5)16-12-20)31(21-13-14-21)26(33)23(17-37)30-27(34)36-28(2,3)4/h7-12,15-16,21,23-24,37H,6,13-14,17H2,1-5H3,(H,29,32)(H,30,34). The van der Waals surface area contributed by atoms with E-state index in [-0.39, 0.29) is 23.6 Å². The number of nitrogens with zero attached hydrogens (tertiary/aromatic N) is 1. The van der Waals surface area contributed by atoms with E-state index in [9.17, 15) is 14.4 Å². The predicted octanol–water partition coefficient (Wildman–Crippen LogP) is 4.75. The number of hydrogen-bond acceptors (Lipinski definition) is 6. The van der Waals surface area contributed by atoms with E-state index in [4.69, 9.17) is 9.47 Å². The third kappa shape index (κ3) is 7.89. The van der Waals surface area contributed by atoms with Gasteiger partial charge >= 0.3 is 6.09 Å². The Morgan fingerprint density at radius 2 is 1.68 bits per heavy atom. The minimum absolute atomic E-state index is 0.0584. The summed E-state index contributed by atoms with van der Waals surface area (Å²) in [5, 5.41) is 5.59. The third-order valence-electron chi connectivity index (χ3n) is 5.95. The number of benzene rings is 2. The molecule has 9 heteroatoms. The molecule has 1 aliphatic carbocycles. The Morgan fingerprint density at radius 1 is 1.05 bits per heavy atom. The van der Waals surface area contributed by atoms with E-state index in [1.54, 1.807) is 57.0 Å². The van der Waals surface area contributed by atoms with E-state index in [1.807, 2.05) is 24.3 Å². The molecule has 0 aliphatic heterocycles. The molecule has 37 heavy (non-hydrogen) atoms. The maximum absolute atomic E-state index is 13.8. The third-order valence-corrected chi connectivity index (χ3v) is 6.32. The minimum atomic E-state index is -0.954. The lowest BCUT2D eigenvalue weighted by atomic mass is 10.00. The zero-order valence-electron chi connectivity index (χ0n) is 22.1. The number of aryl methyl sites for hydroxylation is 1. The molecule has 0 saturated heterocycles. The Morgan fingerprint density at radius 3 is 2.16 bits per heavy atom. The van der Waals surface area contributed by atoms with Gasteiger partial charge in [-0.2, -0.15) is 12.6 Å². The summed E-state index contributed by atoms with van der Waals surface area (Å²) in [5.74, 6) is 0.00933. The van der Waals surface area contributed by atoms with Crippen molar-refractivity contribution in [2.75, 3.05) is 18.2 Å². The Hall–Kier alpha value is -3.20. The zero-order valence-corrected chi connectivity index (χ0v) is 23.0. The molecule has 8 nitrogen and oxygen atoms in total. The molecule has 2 unspecified atom stereocenters. The molecule has 0 heterocycles. The van der Waals surface area contributed by atoms with Gasteiger partial charge in [0.25, 0.3) is 5.91 Å². The lowest BCUT2D eigenvalue weighted by Gasteiger charge is -2.34. The van der Waals surface area contributed by atoms with Crippen molar-refractivity contribution in [3.63, 3.8) is 0 Å². The van der Waals surface area contributed by atoms with Crippen molar-refractivity contribution in [2.24, 2.45) is 0 Å². The number of hydrogen-bond donors (Lipinski definition) is 3. The van der Waals surface area contributed by atoms with Gasteiger partial charge in [-0.05, 0) is 75.4 Å². The SMILES string of the molecule is CCc1ccc(C(C(=O)Nc2ccc(OC)cc2)N(C(=O)C(CS)NC(=O)OC(C)(C)C)C2CC2)cc1. The number of ether oxygens (including phenoxy) is 2. The molecule has 200 valence electrons. The summed E-state index contributed by atoms with van der Waals surface area (Å²) in [5.41, 5.74) is 1.69. The van der Waals surface area contributed by atoms with Gasteiger partial charge in [-0.3, -0.25) is 9.59 Å². The Labute approximate surface area is 224 Å². The number of rotatable bonds is 10. The van der Waals surface area contributed by atoms with Crippen LogP contribution in [0.25, 0.3) is 0 Å². The fourth-order valence-electron chi connectivity index (χ4n) is 3.94. The van der Waals surface area contributed by atoms with Crippen molar-refractivity contribution in [1.82, 2.24) is 10.2 Å². The van der Waals surface area contributed by atoms with E-state index in [0.29, 0.717) is 17.0 Å². The lowest BCUT2D eigenvalue weighted by molar-refractivity contribution is -0.141. The largest absolute Gasteiger partial charge is 0.497 e. The monoisotopic (exact) mass is 527 g/mol. The number of alkyl carbamates (subject to hydrolysis) is 1. The Balaban J connectivity index is 1.93. The molecule has 2 aromatic rings. The molecule has 2 N–H and O–H groups in total. The van der Waals surface area contributed by atoms with Gasteiger partial charge in [0.1, 0.15) is 23.4 Å². The molecule has 0 radical (unpaired) electrons. The van der Waals surface area contributed by atoms with Gasteiger partial charge in [0.2, 0.25) is 5.91 Å². The van der Waals surface area contributed by atoms with Crippen LogP contribution in [0.1, 0.15) is 57.7 Å². The second-order valence-corrected chi connectivity index (χ2v) is 10.4. The Bertz CT molecular complexity index is 1080. The highest BCUT2D eigenvalue weighted by molar-refractivity contribution is 7.80. The van der Waals surface area contributed by atoms with Crippen LogP contribution in [0.5, 0.6) is 5.75 Å². The number of nitrogens with one attached hydrogen (secondary N) is 2. The first kappa shape index (κ1) is 28.4. The number of methoxy groups -OCH3 is 1. The highest BCUT2D eigenvalue weighted by Crippen LogP contribution is 2.36. The normalized spacial score (nSPS) is 14.8. The molecule has 1 aliphatic rings. The predicted molar refractivity (Wildman–Crippen MR) is 147 cm³/mol. The summed E-state index contributed by atoms with van der Waals surface area (Å²) in [6.45, 7) is 7.31. The van der Waals surface area contributed by atoms with Crippen molar-refractivity contribution in [3.05, 3.63) is 59.7 Å². The van der Waals surface area contributed by atoms with Crippen LogP contribution in [0.15, 0.2) is 48.5 Å². The van der Waals surface area contributed by atoms with Gasteiger partial charge in [-0.15, -0.1) is 0 Å². The molecule has 3 amide bonds. The van der Waals surface area contributed by atoms with Crippen molar-refractivity contribution < 1.29 is 23.9 Å². The van der Waals surface area contributed by atoms with E-state index < -0.39 is 23.8 Å². The number of thiol groups is 1. The molecule has 0 bridgehead atoms. The smallest absolute Gasteiger partial charge is 0.408 e. The number of anilines is 1. The van der Waals surface area contributed by atoms with Crippen LogP contribution in [-0.2, 0) is 20.7 Å².